The van der Waals surface area contributed by atoms with Gasteiger partial charge in [0.15, 0.2) is 0 Å². The Morgan fingerprint density at radius 1 is 1.22 bits per heavy atom. The maximum absolute atomic E-state index is 12.1. The molecule has 0 unspecified atom stereocenters. The van der Waals surface area contributed by atoms with Crippen LogP contribution in [0.25, 0.3) is 0 Å². The number of nitrogens with zero attached hydrogens (tertiary/aromatic N) is 1. The smallest absolute Gasteiger partial charge is 0.227 e. The maximum atomic E-state index is 12.1. The van der Waals surface area contributed by atoms with Crippen LogP contribution in [-0.4, -0.2) is 43.7 Å². The van der Waals surface area contributed by atoms with E-state index in [2.05, 4.69) is 6.07 Å². The van der Waals surface area contributed by atoms with Crippen molar-refractivity contribution in [2.45, 2.75) is 12.8 Å². The fourth-order valence-electron chi connectivity index (χ4n) is 2.45. The Morgan fingerprint density at radius 2 is 2.06 bits per heavy atom. The lowest BCUT2D eigenvalue weighted by molar-refractivity contribution is -0.134. The summed E-state index contributed by atoms with van der Waals surface area (Å²) in [5.74, 6) is 1.16. The summed E-state index contributed by atoms with van der Waals surface area (Å²) in [6, 6.07) is 6.06. The molecule has 1 saturated heterocycles. The van der Waals surface area contributed by atoms with Crippen LogP contribution in [-0.2, 0) is 22.4 Å². The minimum atomic E-state index is 0.192. The Balaban J connectivity index is 1.66. The van der Waals surface area contributed by atoms with E-state index in [1.807, 2.05) is 17.0 Å². The molecule has 1 amide bonds. The summed E-state index contributed by atoms with van der Waals surface area (Å²) in [5, 5.41) is 0. The Morgan fingerprint density at radius 3 is 2.89 bits per heavy atom. The lowest BCUT2D eigenvalue weighted by Crippen LogP contribution is -2.41. The van der Waals surface area contributed by atoms with Crippen molar-refractivity contribution in [1.82, 2.24) is 4.90 Å². The lowest BCUT2D eigenvalue weighted by atomic mass is 10.1. The Labute approximate surface area is 106 Å². The molecule has 0 atom stereocenters. The molecule has 1 aromatic carbocycles. The highest BCUT2D eigenvalue weighted by Gasteiger charge is 2.18. The molecule has 0 radical (unpaired) electrons. The second-order valence-electron chi connectivity index (χ2n) is 4.71. The first-order chi connectivity index (χ1) is 8.83. The molecule has 3 rings (SSSR count). The summed E-state index contributed by atoms with van der Waals surface area (Å²) >= 11 is 0. The van der Waals surface area contributed by atoms with E-state index in [4.69, 9.17) is 9.47 Å². The quantitative estimate of drug-likeness (QED) is 0.783. The predicted molar refractivity (Wildman–Crippen MR) is 66.7 cm³/mol. The van der Waals surface area contributed by atoms with E-state index < -0.39 is 0 Å². The van der Waals surface area contributed by atoms with Crippen LogP contribution in [0, 0.1) is 0 Å². The van der Waals surface area contributed by atoms with Gasteiger partial charge < -0.3 is 14.4 Å². The molecule has 4 nitrogen and oxygen atoms in total. The monoisotopic (exact) mass is 247 g/mol. The molecule has 0 spiro atoms. The van der Waals surface area contributed by atoms with Crippen molar-refractivity contribution in [3.8, 4) is 5.75 Å². The van der Waals surface area contributed by atoms with Crippen molar-refractivity contribution in [1.29, 1.82) is 0 Å². The van der Waals surface area contributed by atoms with Gasteiger partial charge >= 0.3 is 0 Å². The van der Waals surface area contributed by atoms with Crippen molar-refractivity contribution in [3.05, 3.63) is 29.3 Å². The van der Waals surface area contributed by atoms with Gasteiger partial charge in [-0.05, 0) is 17.2 Å². The summed E-state index contributed by atoms with van der Waals surface area (Å²) in [7, 11) is 0. The number of carbonyl (C=O) groups is 1. The SMILES string of the molecule is O=C(Cc1ccc2c(c1)CCO2)N1CCOCC1. The van der Waals surface area contributed by atoms with Gasteiger partial charge in [-0.2, -0.15) is 0 Å². The van der Waals surface area contributed by atoms with Gasteiger partial charge in [0.25, 0.3) is 0 Å². The molecule has 18 heavy (non-hydrogen) atoms. The van der Waals surface area contributed by atoms with Crippen LogP contribution in [0.2, 0.25) is 0 Å². The van der Waals surface area contributed by atoms with Gasteiger partial charge in [0.1, 0.15) is 5.75 Å². The average Bonchev–Trinajstić information content (AvgIpc) is 2.87. The fourth-order valence-corrected chi connectivity index (χ4v) is 2.45. The number of amides is 1. The Hall–Kier alpha value is -1.55. The van der Waals surface area contributed by atoms with Crippen LogP contribution >= 0.6 is 0 Å². The van der Waals surface area contributed by atoms with Crippen molar-refractivity contribution < 1.29 is 14.3 Å². The molecular weight excluding hydrogens is 230 g/mol. The second-order valence-corrected chi connectivity index (χ2v) is 4.71. The molecular formula is C14H17NO3. The minimum absolute atomic E-state index is 0.192. The molecule has 2 aliphatic rings. The molecule has 0 bridgehead atoms. The number of hydrogen-bond donors (Lipinski definition) is 0. The van der Waals surface area contributed by atoms with E-state index in [1.54, 1.807) is 0 Å². The zero-order valence-corrected chi connectivity index (χ0v) is 10.4. The van der Waals surface area contributed by atoms with Crippen molar-refractivity contribution in [2.75, 3.05) is 32.9 Å². The van der Waals surface area contributed by atoms with Gasteiger partial charge in [-0.1, -0.05) is 12.1 Å². The second kappa shape index (κ2) is 4.98. The van der Waals surface area contributed by atoms with Crippen LogP contribution in [0.15, 0.2) is 18.2 Å². The highest BCUT2D eigenvalue weighted by molar-refractivity contribution is 5.79. The molecule has 4 heteroatoms. The molecule has 2 aliphatic heterocycles. The molecule has 96 valence electrons. The van der Waals surface area contributed by atoms with Gasteiger partial charge in [0.05, 0.1) is 26.2 Å². The van der Waals surface area contributed by atoms with Crippen LogP contribution in [0.1, 0.15) is 11.1 Å². The van der Waals surface area contributed by atoms with E-state index in [0.717, 1.165) is 24.3 Å². The average molecular weight is 247 g/mol. The third-order valence-corrected chi connectivity index (χ3v) is 3.47. The van der Waals surface area contributed by atoms with Crippen molar-refractivity contribution >= 4 is 5.91 Å². The van der Waals surface area contributed by atoms with E-state index in [0.29, 0.717) is 32.7 Å². The molecule has 1 aromatic rings. The number of benzene rings is 1. The third kappa shape index (κ3) is 2.34. The van der Waals surface area contributed by atoms with Crippen molar-refractivity contribution in [2.24, 2.45) is 0 Å². The third-order valence-electron chi connectivity index (χ3n) is 3.47. The highest BCUT2D eigenvalue weighted by atomic mass is 16.5. The first kappa shape index (κ1) is 11.5. The van der Waals surface area contributed by atoms with Crippen LogP contribution < -0.4 is 4.74 Å². The summed E-state index contributed by atoms with van der Waals surface area (Å²) in [4.78, 5) is 14.0. The first-order valence-corrected chi connectivity index (χ1v) is 6.43. The molecule has 2 heterocycles. The van der Waals surface area contributed by atoms with Gasteiger partial charge in [-0.25, -0.2) is 0 Å². The minimum Gasteiger partial charge on any atom is -0.493 e. The molecule has 0 aromatic heterocycles. The van der Waals surface area contributed by atoms with E-state index in [9.17, 15) is 4.79 Å². The van der Waals surface area contributed by atoms with Gasteiger partial charge in [0, 0.05) is 19.5 Å². The van der Waals surface area contributed by atoms with Crippen LogP contribution in [0.3, 0.4) is 0 Å². The zero-order chi connectivity index (χ0) is 12.4. The normalized spacial score (nSPS) is 18.3. The van der Waals surface area contributed by atoms with Crippen LogP contribution in [0.4, 0.5) is 0 Å². The molecule has 1 fully saturated rings. The standard InChI is InChI=1S/C14H17NO3/c16-14(15-4-7-17-8-5-15)10-11-1-2-13-12(9-11)3-6-18-13/h1-2,9H,3-8,10H2. The van der Waals surface area contributed by atoms with Crippen molar-refractivity contribution in [3.63, 3.8) is 0 Å². The first-order valence-electron chi connectivity index (χ1n) is 6.43. The van der Waals surface area contributed by atoms with E-state index in [-0.39, 0.29) is 5.91 Å². The number of ether oxygens (including phenoxy) is 2. The van der Waals surface area contributed by atoms with E-state index in [1.165, 1.54) is 5.56 Å². The lowest BCUT2D eigenvalue weighted by Gasteiger charge is -2.26. The number of hydrogen-bond acceptors (Lipinski definition) is 3. The summed E-state index contributed by atoms with van der Waals surface area (Å²) in [6.07, 6.45) is 1.43. The molecule has 0 N–H and O–H groups in total. The van der Waals surface area contributed by atoms with Gasteiger partial charge in [-0.3, -0.25) is 4.79 Å². The molecule has 0 aliphatic carbocycles. The zero-order valence-electron chi connectivity index (χ0n) is 10.4. The van der Waals surface area contributed by atoms with Gasteiger partial charge in [-0.15, -0.1) is 0 Å². The highest BCUT2D eigenvalue weighted by Crippen LogP contribution is 2.26. The maximum Gasteiger partial charge on any atom is 0.227 e. The summed E-state index contributed by atoms with van der Waals surface area (Å²) in [6.45, 7) is 3.50. The van der Waals surface area contributed by atoms with E-state index >= 15 is 0 Å². The molecule has 0 saturated carbocycles. The Kier molecular flexibility index (Phi) is 3.19. The Bertz CT molecular complexity index is 452. The number of rotatable bonds is 2. The summed E-state index contributed by atoms with van der Waals surface area (Å²) in [5.41, 5.74) is 2.30. The van der Waals surface area contributed by atoms with Gasteiger partial charge in [0.2, 0.25) is 5.91 Å². The predicted octanol–water partition coefficient (Wildman–Crippen LogP) is 1.02. The van der Waals surface area contributed by atoms with Crippen LogP contribution in [0.5, 0.6) is 5.75 Å². The fraction of sp³-hybridized carbons (Fsp3) is 0.500. The topological polar surface area (TPSA) is 38.8 Å². The number of fused-ring (bicyclic) bond motifs is 1. The summed E-state index contributed by atoms with van der Waals surface area (Å²) < 4.78 is 10.7. The number of carbonyl (C=O) groups excluding carboxylic acids is 1. The number of morpholine rings is 1. The largest absolute Gasteiger partial charge is 0.493 e.